The number of benzene rings is 1. The summed E-state index contributed by atoms with van der Waals surface area (Å²) in [7, 11) is 3.65. The first-order valence-corrected chi connectivity index (χ1v) is 9.05. The lowest BCUT2D eigenvalue weighted by atomic mass is 10.1. The molecule has 0 aliphatic carbocycles. The van der Waals surface area contributed by atoms with Crippen LogP contribution >= 0.6 is 11.6 Å². The van der Waals surface area contributed by atoms with Crippen LogP contribution in [0.1, 0.15) is 21.7 Å². The van der Waals surface area contributed by atoms with Crippen molar-refractivity contribution in [3.05, 3.63) is 41.2 Å². The Balaban J connectivity index is 1.89. The highest BCUT2D eigenvalue weighted by molar-refractivity contribution is 6.36. The van der Waals surface area contributed by atoms with Gasteiger partial charge in [0.05, 0.1) is 17.6 Å². The van der Waals surface area contributed by atoms with Gasteiger partial charge in [0.2, 0.25) is 0 Å². The summed E-state index contributed by atoms with van der Waals surface area (Å²) < 4.78 is 7.39. The molecule has 1 unspecified atom stereocenters. The van der Waals surface area contributed by atoms with Crippen molar-refractivity contribution in [3.8, 4) is 5.75 Å². The lowest BCUT2D eigenvalue weighted by Crippen LogP contribution is -2.19. The van der Waals surface area contributed by atoms with E-state index in [0.29, 0.717) is 42.5 Å². The third-order valence-corrected chi connectivity index (χ3v) is 4.58. The third kappa shape index (κ3) is 4.23. The average Bonchev–Trinajstić information content (AvgIpc) is 3.14. The predicted molar refractivity (Wildman–Crippen MR) is 106 cm³/mol. The number of amides is 1. The molecule has 0 fully saturated rings. The molecule has 0 bridgehead atoms. The quantitative estimate of drug-likeness (QED) is 0.730. The Morgan fingerprint density at radius 1 is 1.41 bits per heavy atom. The molecule has 1 aromatic carbocycles. The van der Waals surface area contributed by atoms with E-state index in [9.17, 15) is 4.79 Å². The molecule has 2 aromatic rings. The Bertz CT molecular complexity index is 859. The van der Waals surface area contributed by atoms with Crippen LogP contribution in [0.3, 0.4) is 0 Å². The minimum absolute atomic E-state index is 0.264. The van der Waals surface area contributed by atoms with E-state index in [4.69, 9.17) is 22.1 Å². The van der Waals surface area contributed by atoms with Crippen molar-refractivity contribution in [1.29, 1.82) is 0 Å². The fourth-order valence-electron chi connectivity index (χ4n) is 2.80. The highest BCUT2D eigenvalue weighted by Crippen LogP contribution is 2.29. The lowest BCUT2D eigenvalue weighted by Gasteiger charge is -2.14. The maximum atomic E-state index is 12.5. The summed E-state index contributed by atoms with van der Waals surface area (Å²) in [4.78, 5) is 12.5. The number of nitrogens with two attached hydrogens (primary N) is 1. The zero-order valence-electron chi connectivity index (χ0n) is 15.6. The van der Waals surface area contributed by atoms with Gasteiger partial charge in [-0.05, 0) is 31.2 Å². The number of nitrogens with one attached hydrogen (secondary N) is 1. The number of nitrogens with zero attached hydrogens (tertiary/aromatic N) is 4. The number of aryl methyl sites for hydroxylation is 2. The second-order valence-electron chi connectivity index (χ2n) is 6.39. The van der Waals surface area contributed by atoms with Crippen LogP contribution in [0.2, 0.25) is 0 Å². The molecule has 9 heteroatoms. The topological polar surface area (TPSA) is 97.8 Å². The van der Waals surface area contributed by atoms with Gasteiger partial charge in [-0.2, -0.15) is 10.2 Å². The summed E-state index contributed by atoms with van der Waals surface area (Å²) in [5, 5.41) is 13.1. The van der Waals surface area contributed by atoms with Crippen LogP contribution in [-0.4, -0.2) is 58.5 Å². The van der Waals surface area contributed by atoms with Gasteiger partial charge in [-0.25, -0.2) is 0 Å². The third-order valence-electron chi connectivity index (χ3n) is 4.23. The van der Waals surface area contributed by atoms with Gasteiger partial charge in [-0.3, -0.25) is 14.5 Å². The number of hydrogen-bond donors (Lipinski definition) is 2. The van der Waals surface area contributed by atoms with Gasteiger partial charge in [0.25, 0.3) is 5.91 Å². The highest BCUT2D eigenvalue weighted by atomic mass is 35.5. The highest BCUT2D eigenvalue weighted by Gasteiger charge is 2.27. The number of ether oxygens (including phenoxy) is 1. The summed E-state index contributed by atoms with van der Waals surface area (Å²) in [6.45, 7) is 3.27. The fourth-order valence-corrected chi connectivity index (χ4v) is 3.16. The molecule has 1 aromatic heterocycles. The maximum Gasteiger partial charge on any atom is 0.276 e. The molecule has 1 atom stereocenters. The number of aromatic nitrogens is 2. The van der Waals surface area contributed by atoms with E-state index in [1.165, 1.54) is 0 Å². The number of alkyl halides is 1. The normalized spacial score (nSPS) is 16.4. The number of rotatable bonds is 6. The molecule has 3 rings (SSSR count). The number of carbonyl (C=O) groups is 1. The Morgan fingerprint density at radius 3 is 2.78 bits per heavy atom. The maximum absolute atomic E-state index is 12.5. The van der Waals surface area contributed by atoms with E-state index in [1.807, 2.05) is 20.0 Å². The van der Waals surface area contributed by atoms with Crippen LogP contribution in [0.25, 0.3) is 0 Å². The fraction of sp³-hybridized carbons (Fsp3) is 0.389. The molecule has 144 valence electrons. The van der Waals surface area contributed by atoms with Gasteiger partial charge in [0, 0.05) is 37.6 Å². The number of hydrogen-bond acceptors (Lipinski definition) is 6. The van der Waals surface area contributed by atoms with E-state index in [2.05, 4.69) is 15.5 Å². The number of anilines is 1. The zero-order valence-corrected chi connectivity index (χ0v) is 16.3. The van der Waals surface area contributed by atoms with Gasteiger partial charge in [0.1, 0.15) is 12.4 Å². The standard InChI is InChI=1S/C18H23ClN6O2/c1-11-8-15(22-25(11)3)18(26)21-12-4-5-16(27-7-6-20)13(9-12)17-14(19)10-24(2)23-17/h4-5,8-9,14H,6-7,10,20H2,1-3H3,(H,21,26). The van der Waals surface area contributed by atoms with Crippen LogP contribution in [0.4, 0.5) is 5.69 Å². The van der Waals surface area contributed by atoms with E-state index >= 15 is 0 Å². The number of carbonyl (C=O) groups excluding carboxylic acids is 1. The molecular weight excluding hydrogens is 368 g/mol. The molecule has 0 saturated heterocycles. The zero-order chi connectivity index (χ0) is 19.6. The Hall–Kier alpha value is -2.58. The molecular formula is C18H23ClN6O2. The molecule has 8 nitrogen and oxygen atoms in total. The summed E-state index contributed by atoms with van der Waals surface area (Å²) in [5.41, 5.74) is 8.86. The summed E-state index contributed by atoms with van der Waals surface area (Å²) in [5.74, 6) is 0.347. The number of halogens is 1. The predicted octanol–water partition coefficient (Wildman–Crippen LogP) is 1.58. The average molecular weight is 391 g/mol. The SMILES string of the molecule is Cc1cc(C(=O)Nc2ccc(OCCN)c(C3=NN(C)CC3Cl)c2)nn1C. The van der Waals surface area contributed by atoms with E-state index in [1.54, 1.807) is 34.9 Å². The Labute approximate surface area is 162 Å². The monoisotopic (exact) mass is 390 g/mol. The molecule has 0 radical (unpaired) electrons. The van der Waals surface area contributed by atoms with Gasteiger partial charge in [-0.15, -0.1) is 11.6 Å². The first-order chi connectivity index (χ1) is 12.9. The lowest BCUT2D eigenvalue weighted by molar-refractivity contribution is 0.102. The van der Waals surface area contributed by atoms with Crippen molar-refractivity contribution in [3.63, 3.8) is 0 Å². The Kier molecular flexibility index (Phi) is 5.67. The second kappa shape index (κ2) is 7.98. The van der Waals surface area contributed by atoms with Gasteiger partial charge >= 0.3 is 0 Å². The number of hydrazone groups is 1. The van der Waals surface area contributed by atoms with Crippen LogP contribution in [0.5, 0.6) is 5.75 Å². The van der Waals surface area contributed by atoms with Gasteiger partial charge in [0.15, 0.2) is 5.69 Å². The van der Waals surface area contributed by atoms with Crippen LogP contribution in [-0.2, 0) is 7.05 Å². The van der Waals surface area contributed by atoms with E-state index in [0.717, 1.165) is 11.3 Å². The first kappa shape index (κ1) is 19.2. The summed E-state index contributed by atoms with van der Waals surface area (Å²) >= 11 is 6.43. The van der Waals surface area contributed by atoms with Crippen molar-refractivity contribution < 1.29 is 9.53 Å². The smallest absolute Gasteiger partial charge is 0.276 e. The second-order valence-corrected chi connectivity index (χ2v) is 6.92. The van der Waals surface area contributed by atoms with Crippen LogP contribution in [0, 0.1) is 6.92 Å². The summed E-state index contributed by atoms with van der Waals surface area (Å²) in [6.07, 6.45) is 0. The van der Waals surface area contributed by atoms with Crippen molar-refractivity contribution >= 4 is 28.9 Å². The van der Waals surface area contributed by atoms with Gasteiger partial charge in [-0.1, -0.05) is 0 Å². The van der Waals surface area contributed by atoms with E-state index < -0.39 is 0 Å². The molecule has 1 aliphatic heterocycles. The first-order valence-electron chi connectivity index (χ1n) is 8.62. The van der Waals surface area contributed by atoms with Crippen LogP contribution in [0.15, 0.2) is 29.4 Å². The molecule has 27 heavy (non-hydrogen) atoms. The largest absolute Gasteiger partial charge is 0.492 e. The van der Waals surface area contributed by atoms with Crippen molar-refractivity contribution in [1.82, 2.24) is 14.8 Å². The minimum Gasteiger partial charge on any atom is -0.492 e. The molecule has 2 heterocycles. The molecule has 3 N–H and O–H groups in total. The van der Waals surface area contributed by atoms with Gasteiger partial charge < -0.3 is 15.8 Å². The molecule has 1 aliphatic rings. The van der Waals surface area contributed by atoms with Crippen LogP contribution < -0.4 is 15.8 Å². The summed E-state index contributed by atoms with van der Waals surface area (Å²) in [6, 6.07) is 7.10. The Morgan fingerprint density at radius 2 is 2.19 bits per heavy atom. The van der Waals surface area contributed by atoms with Crippen molar-refractivity contribution in [2.75, 3.05) is 32.1 Å². The van der Waals surface area contributed by atoms with E-state index in [-0.39, 0.29) is 11.3 Å². The minimum atomic E-state index is -0.284. The molecule has 0 spiro atoms. The van der Waals surface area contributed by atoms with Crippen molar-refractivity contribution in [2.45, 2.75) is 12.3 Å². The molecule has 0 saturated carbocycles. The van der Waals surface area contributed by atoms with Crippen molar-refractivity contribution in [2.24, 2.45) is 17.9 Å². The molecule has 1 amide bonds.